The van der Waals surface area contributed by atoms with Gasteiger partial charge in [-0.1, -0.05) is 19.1 Å². The van der Waals surface area contributed by atoms with Crippen LogP contribution < -0.4 is 0 Å². The molecule has 1 aliphatic rings. The third-order valence-corrected chi connectivity index (χ3v) is 4.64. The molecule has 0 radical (unpaired) electrons. The second kappa shape index (κ2) is 6.79. The third kappa shape index (κ3) is 3.51. The summed E-state index contributed by atoms with van der Waals surface area (Å²) >= 11 is 1.39. The van der Waals surface area contributed by atoms with E-state index in [1.165, 1.54) is 17.3 Å². The Kier molecular flexibility index (Phi) is 4.57. The summed E-state index contributed by atoms with van der Waals surface area (Å²) < 4.78 is 0. The number of thioether (sulfide) groups is 1. The Balaban J connectivity index is 1.85. The molecule has 1 aromatic carbocycles. The van der Waals surface area contributed by atoms with E-state index in [1.54, 1.807) is 24.3 Å². The van der Waals surface area contributed by atoms with Crippen LogP contribution in [0.1, 0.15) is 18.1 Å². The number of amidine groups is 1. The zero-order valence-corrected chi connectivity index (χ0v) is 13.9. The standard InChI is InChI=1S/C18H17N3OS/c1-3-13-4-6-15(7-5-13)20-18-21(2)17(22)16(23-18)12-14-8-10-19-11-9-14/h4-12H,3H2,1-2H3. The molecule has 1 amide bonds. The van der Waals surface area contributed by atoms with Crippen molar-refractivity contribution in [1.29, 1.82) is 0 Å². The van der Waals surface area contributed by atoms with Crippen molar-refractivity contribution in [3.8, 4) is 0 Å². The van der Waals surface area contributed by atoms with Gasteiger partial charge in [-0.15, -0.1) is 0 Å². The van der Waals surface area contributed by atoms with Gasteiger partial charge in [0.2, 0.25) is 0 Å². The Hall–Kier alpha value is -2.40. The molecule has 0 N–H and O–H groups in total. The summed E-state index contributed by atoms with van der Waals surface area (Å²) in [5.74, 6) is -0.0317. The molecule has 2 heterocycles. The Labute approximate surface area is 140 Å². The number of hydrogen-bond donors (Lipinski definition) is 0. The van der Waals surface area contributed by atoms with Crippen LogP contribution >= 0.6 is 11.8 Å². The average molecular weight is 323 g/mol. The summed E-state index contributed by atoms with van der Waals surface area (Å²) in [6, 6.07) is 11.8. The van der Waals surface area contributed by atoms with Crippen molar-refractivity contribution in [2.75, 3.05) is 7.05 Å². The van der Waals surface area contributed by atoms with Gasteiger partial charge < -0.3 is 0 Å². The number of aryl methyl sites for hydroxylation is 1. The van der Waals surface area contributed by atoms with E-state index in [9.17, 15) is 4.79 Å². The number of likely N-dealkylation sites (N-methyl/N-ethyl adjacent to an activating group) is 1. The Morgan fingerprint density at radius 1 is 1.17 bits per heavy atom. The van der Waals surface area contributed by atoms with Crippen LogP contribution in [0, 0.1) is 0 Å². The molecule has 1 saturated heterocycles. The van der Waals surface area contributed by atoms with E-state index >= 15 is 0 Å². The van der Waals surface area contributed by atoms with Gasteiger partial charge in [0.05, 0.1) is 10.6 Å². The maximum Gasteiger partial charge on any atom is 0.266 e. The molecule has 0 atom stereocenters. The minimum Gasteiger partial charge on any atom is -0.290 e. The number of aliphatic imine (C=N–C) groups is 1. The summed E-state index contributed by atoms with van der Waals surface area (Å²) in [6.45, 7) is 2.12. The minimum atomic E-state index is -0.0317. The highest BCUT2D eigenvalue weighted by Crippen LogP contribution is 2.33. The van der Waals surface area contributed by atoms with Gasteiger partial charge in [-0.05, 0) is 59.7 Å². The maximum absolute atomic E-state index is 12.4. The fourth-order valence-corrected chi connectivity index (χ4v) is 3.17. The van der Waals surface area contributed by atoms with Gasteiger partial charge in [0.1, 0.15) is 0 Å². The first-order valence-electron chi connectivity index (χ1n) is 7.42. The van der Waals surface area contributed by atoms with E-state index in [1.807, 2.05) is 30.3 Å². The lowest BCUT2D eigenvalue weighted by Gasteiger charge is -2.07. The fraction of sp³-hybridized carbons (Fsp3) is 0.167. The molecule has 0 bridgehead atoms. The second-order valence-corrected chi connectivity index (χ2v) is 6.18. The number of pyridine rings is 1. The highest BCUT2D eigenvalue weighted by Gasteiger charge is 2.30. The molecule has 3 rings (SSSR count). The van der Waals surface area contributed by atoms with Crippen molar-refractivity contribution in [3.05, 3.63) is 64.8 Å². The van der Waals surface area contributed by atoms with E-state index in [2.05, 4.69) is 29.0 Å². The highest BCUT2D eigenvalue weighted by molar-refractivity contribution is 8.18. The number of hydrogen-bond acceptors (Lipinski definition) is 4. The first-order valence-corrected chi connectivity index (χ1v) is 8.24. The Bertz CT molecular complexity index is 767. The Morgan fingerprint density at radius 2 is 1.87 bits per heavy atom. The summed E-state index contributed by atoms with van der Waals surface area (Å²) in [4.78, 5) is 23.2. The van der Waals surface area contributed by atoms with Crippen molar-refractivity contribution < 1.29 is 4.79 Å². The maximum atomic E-state index is 12.4. The third-order valence-electron chi connectivity index (χ3n) is 3.58. The average Bonchev–Trinajstić information content (AvgIpc) is 2.84. The van der Waals surface area contributed by atoms with Crippen molar-refractivity contribution >= 4 is 34.6 Å². The van der Waals surface area contributed by atoms with E-state index in [-0.39, 0.29) is 5.91 Å². The Morgan fingerprint density at radius 3 is 2.52 bits per heavy atom. The van der Waals surface area contributed by atoms with Crippen LogP contribution in [-0.2, 0) is 11.2 Å². The van der Waals surface area contributed by atoms with Gasteiger partial charge in [0.25, 0.3) is 5.91 Å². The summed E-state index contributed by atoms with van der Waals surface area (Å²) in [5.41, 5.74) is 3.09. The zero-order valence-electron chi connectivity index (χ0n) is 13.1. The topological polar surface area (TPSA) is 45.6 Å². The monoisotopic (exact) mass is 323 g/mol. The van der Waals surface area contributed by atoms with Gasteiger partial charge in [0.15, 0.2) is 5.17 Å². The first kappa shape index (κ1) is 15.5. The molecule has 1 aliphatic heterocycles. The van der Waals surface area contributed by atoms with Gasteiger partial charge >= 0.3 is 0 Å². The molecule has 0 saturated carbocycles. The first-order chi connectivity index (χ1) is 11.2. The van der Waals surface area contributed by atoms with E-state index in [0.717, 1.165) is 17.7 Å². The van der Waals surface area contributed by atoms with E-state index in [4.69, 9.17) is 0 Å². The molecule has 5 heteroatoms. The minimum absolute atomic E-state index is 0.0317. The molecular weight excluding hydrogens is 306 g/mol. The zero-order chi connectivity index (χ0) is 16.2. The van der Waals surface area contributed by atoms with Gasteiger partial charge in [-0.25, -0.2) is 4.99 Å². The molecule has 4 nitrogen and oxygen atoms in total. The molecular formula is C18H17N3OS. The molecule has 23 heavy (non-hydrogen) atoms. The summed E-state index contributed by atoms with van der Waals surface area (Å²) in [7, 11) is 1.75. The largest absolute Gasteiger partial charge is 0.290 e. The van der Waals surface area contributed by atoms with E-state index < -0.39 is 0 Å². The van der Waals surface area contributed by atoms with Gasteiger partial charge in [-0.3, -0.25) is 14.7 Å². The van der Waals surface area contributed by atoms with Crippen molar-refractivity contribution in [1.82, 2.24) is 9.88 Å². The SMILES string of the molecule is CCc1ccc(N=C2SC(=Cc3ccncc3)C(=O)N2C)cc1. The summed E-state index contributed by atoms with van der Waals surface area (Å²) in [6.07, 6.45) is 6.30. The quantitative estimate of drug-likeness (QED) is 0.805. The van der Waals surface area contributed by atoms with Crippen molar-refractivity contribution in [2.24, 2.45) is 4.99 Å². The lowest BCUT2D eigenvalue weighted by atomic mass is 10.2. The lowest BCUT2D eigenvalue weighted by Crippen LogP contribution is -2.23. The normalized spacial score (nSPS) is 18.2. The number of carbonyl (C=O) groups is 1. The van der Waals surface area contributed by atoms with Crippen LogP contribution in [0.15, 0.2) is 58.7 Å². The lowest BCUT2D eigenvalue weighted by molar-refractivity contribution is -0.121. The molecule has 1 aromatic heterocycles. The predicted molar refractivity (Wildman–Crippen MR) is 95.5 cm³/mol. The number of carbonyl (C=O) groups excluding carboxylic acids is 1. The molecule has 0 spiro atoms. The molecule has 116 valence electrons. The number of rotatable bonds is 3. The van der Waals surface area contributed by atoms with Crippen LogP contribution in [-0.4, -0.2) is 28.0 Å². The number of aromatic nitrogens is 1. The van der Waals surface area contributed by atoms with Crippen LogP contribution in [0.5, 0.6) is 0 Å². The fourth-order valence-electron chi connectivity index (χ4n) is 2.18. The smallest absolute Gasteiger partial charge is 0.266 e. The van der Waals surface area contributed by atoms with Crippen LogP contribution in [0.25, 0.3) is 6.08 Å². The number of benzene rings is 1. The predicted octanol–water partition coefficient (Wildman–Crippen LogP) is 3.88. The number of nitrogens with zero attached hydrogens (tertiary/aromatic N) is 3. The van der Waals surface area contributed by atoms with Crippen LogP contribution in [0.3, 0.4) is 0 Å². The molecule has 2 aromatic rings. The van der Waals surface area contributed by atoms with Gasteiger partial charge in [-0.2, -0.15) is 0 Å². The summed E-state index contributed by atoms with van der Waals surface area (Å²) in [5, 5.41) is 0.694. The van der Waals surface area contributed by atoms with Crippen molar-refractivity contribution in [2.45, 2.75) is 13.3 Å². The molecule has 0 unspecified atom stereocenters. The van der Waals surface area contributed by atoms with Crippen molar-refractivity contribution in [3.63, 3.8) is 0 Å². The van der Waals surface area contributed by atoms with Gasteiger partial charge in [0, 0.05) is 19.4 Å². The highest BCUT2D eigenvalue weighted by atomic mass is 32.2. The second-order valence-electron chi connectivity index (χ2n) is 5.17. The molecule has 0 aliphatic carbocycles. The van der Waals surface area contributed by atoms with Crippen LogP contribution in [0.4, 0.5) is 5.69 Å². The van der Waals surface area contributed by atoms with Crippen LogP contribution in [0.2, 0.25) is 0 Å². The number of amides is 1. The molecule has 1 fully saturated rings. The van der Waals surface area contributed by atoms with E-state index in [0.29, 0.717) is 10.1 Å².